The molecule has 0 spiro atoms. The maximum atomic E-state index is 5.83. The molecule has 0 radical (unpaired) electrons. The fraction of sp³-hybridized carbons (Fsp3) is 1.00. The minimum absolute atomic E-state index is 0.904. The third-order valence-corrected chi connectivity index (χ3v) is 6.13. The molecule has 86 valence electrons. The molecule has 0 amide bonds. The summed E-state index contributed by atoms with van der Waals surface area (Å²) in [6, 6.07) is 0. The highest BCUT2D eigenvalue weighted by atomic mass is 14.7. The lowest BCUT2D eigenvalue weighted by atomic mass is 9.41. The molecule has 0 aromatic carbocycles. The second-order valence-corrected chi connectivity index (χ2v) is 6.40. The highest BCUT2D eigenvalue weighted by molar-refractivity contribution is 5.07. The minimum atomic E-state index is 0.904. The molecule has 15 heavy (non-hydrogen) atoms. The summed E-state index contributed by atoms with van der Waals surface area (Å²) in [5.41, 5.74) is 5.83. The van der Waals surface area contributed by atoms with Gasteiger partial charge in [0.1, 0.15) is 0 Å². The van der Waals surface area contributed by atoms with Crippen LogP contribution in [0.3, 0.4) is 0 Å². The molecule has 3 aliphatic carbocycles. The zero-order chi connectivity index (χ0) is 10.6. The molecule has 3 rings (SSSR count). The fourth-order valence-electron chi connectivity index (χ4n) is 4.90. The van der Waals surface area contributed by atoms with Gasteiger partial charge in [-0.25, -0.2) is 0 Å². The molecule has 7 atom stereocenters. The van der Waals surface area contributed by atoms with Gasteiger partial charge in [-0.2, -0.15) is 0 Å². The van der Waals surface area contributed by atoms with Gasteiger partial charge in [-0.1, -0.05) is 20.3 Å². The molecule has 3 fully saturated rings. The Kier molecular flexibility index (Phi) is 2.35. The van der Waals surface area contributed by atoms with E-state index < -0.39 is 0 Å². The van der Waals surface area contributed by atoms with Gasteiger partial charge in [0.05, 0.1) is 0 Å². The van der Waals surface area contributed by atoms with Crippen LogP contribution in [0.4, 0.5) is 0 Å². The maximum absolute atomic E-state index is 5.83. The number of hydrogen-bond donors (Lipinski definition) is 1. The van der Waals surface area contributed by atoms with Crippen molar-refractivity contribution in [3.05, 3.63) is 0 Å². The van der Waals surface area contributed by atoms with E-state index in [9.17, 15) is 0 Å². The summed E-state index contributed by atoms with van der Waals surface area (Å²) in [6.07, 6.45) is 5.93. The fourth-order valence-corrected chi connectivity index (χ4v) is 4.90. The zero-order valence-electron chi connectivity index (χ0n) is 10.2. The van der Waals surface area contributed by atoms with E-state index in [0.717, 1.165) is 48.0 Å². The van der Waals surface area contributed by atoms with Crippen molar-refractivity contribution in [1.82, 2.24) is 0 Å². The van der Waals surface area contributed by atoms with Crippen molar-refractivity contribution in [1.29, 1.82) is 0 Å². The first-order valence-electron chi connectivity index (χ1n) is 6.96. The Morgan fingerprint density at radius 1 is 1.07 bits per heavy atom. The summed E-state index contributed by atoms with van der Waals surface area (Å²) in [5.74, 6) is 7.27. The summed E-state index contributed by atoms with van der Waals surface area (Å²) in [5, 5.41) is 0. The van der Waals surface area contributed by atoms with E-state index in [1.807, 2.05) is 0 Å². The first-order chi connectivity index (χ1) is 7.26. The van der Waals surface area contributed by atoms with E-state index in [2.05, 4.69) is 13.8 Å². The van der Waals surface area contributed by atoms with Crippen molar-refractivity contribution >= 4 is 0 Å². The van der Waals surface area contributed by atoms with Crippen molar-refractivity contribution in [2.24, 2.45) is 47.2 Å². The van der Waals surface area contributed by atoms with Gasteiger partial charge in [-0.3, -0.25) is 0 Å². The Morgan fingerprint density at radius 3 is 2.40 bits per heavy atom. The molecular weight excluding hydrogens is 182 g/mol. The minimum Gasteiger partial charge on any atom is -0.330 e. The molecule has 1 nitrogen and oxygen atoms in total. The second-order valence-electron chi connectivity index (χ2n) is 6.40. The number of fused-ring (bicyclic) bond motifs is 1. The summed E-state index contributed by atoms with van der Waals surface area (Å²) in [4.78, 5) is 0. The van der Waals surface area contributed by atoms with E-state index in [1.54, 1.807) is 6.42 Å². The Balaban J connectivity index is 1.57. The van der Waals surface area contributed by atoms with Crippen LogP contribution < -0.4 is 5.73 Å². The smallest absolute Gasteiger partial charge is 0.00459 e. The lowest BCUT2D eigenvalue weighted by Gasteiger charge is -2.64. The molecule has 2 N–H and O–H groups in total. The van der Waals surface area contributed by atoms with E-state index in [4.69, 9.17) is 5.73 Å². The molecular formula is C14H25N. The summed E-state index contributed by atoms with van der Waals surface area (Å²) < 4.78 is 0. The zero-order valence-corrected chi connectivity index (χ0v) is 10.2. The predicted octanol–water partition coefficient (Wildman–Crippen LogP) is 2.90. The van der Waals surface area contributed by atoms with Crippen molar-refractivity contribution in [2.75, 3.05) is 6.54 Å². The maximum Gasteiger partial charge on any atom is -0.00459 e. The molecule has 7 unspecified atom stereocenters. The van der Waals surface area contributed by atoms with E-state index >= 15 is 0 Å². The first kappa shape index (κ1) is 10.1. The van der Waals surface area contributed by atoms with Gasteiger partial charge in [0.15, 0.2) is 0 Å². The van der Waals surface area contributed by atoms with Crippen LogP contribution in [-0.2, 0) is 0 Å². The van der Waals surface area contributed by atoms with E-state index in [1.165, 1.54) is 19.3 Å². The summed E-state index contributed by atoms with van der Waals surface area (Å²) in [7, 11) is 0. The van der Waals surface area contributed by atoms with Crippen LogP contribution in [0.2, 0.25) is 0 Å². The highest BCUT2D eigenvalue weighted by Crippen LogP contribution is 2.64. The average molecular weight is 207 g/mol. The van der Waals surface area contributed by atoms with Gasteiger partial charge in [0.25, 0.3) is 0 Å². The molecule has 1 heteroatoms. The van der Waals surface area contributed by atoms with E-state index in [0.29, 0.717) is 0 Å². The molecule has 0 saturated heterocycles. The monoisotopic (exact) mass is 207 g/mol. The molecule has 3 saturated carbocycles. The van der Waals surface area contributed by atoms with Crippen molar-refractivity contribution in [3.63, 3.8) is 0 Å². The van der Waals surface area contributed by atoms with E-state index in [-0.39, 0.29) is 0 Å². The van der Waals surface area contributed by atoms with Crippen molar-refractivity contribution < 1.29 is 0 Å². The van der Waals surface area contributed by atoms with Crippen LogP contribution in [-0.4, -0.2) is 6.54 Å². The highest BCUT2D eigenvalue weighted by Gasteiger charge is 2.58. The Hall–Kier alpha value is -0.0400. The third kappa shape index (κ3) is 1.25. The molecule has 0 aromatic rings. The Labute approximate surface area is 93.8 Å². The summed E-state index contributed by atoms with van der Waals surface area (Å²) >= 11 is 0. The lowest BCUT2D eigenvalue weighted by Crippen LogP contribution is -2.59. The second kappa shape index (κ2) is 3.48. The van der Waals surface area contributed by atoms with Crippen LogP contribution in [0.1, 0.15) is 39.5 Å². The van der Waals surface area contributed by atoms with Crippen molar-refractivity contribution in [2.45, 2.75) is 39.5 Å². The largest absolute Gasteiger partial charge is 0.330 e. The molecule has 3 aliphatic rings. The lowest BCUT2D eigenvalue weighted by molar-refractivity contribution is -0.152. The van der Waals surface area contributed by atoms with Gasteiger partial charge in [-0.05, 0) is 67.2 Å². The Morgan fingerprint density at radius 2 is 1.87 bits per heavy atom. The van der Waals surface area contributed by atoms with Gasteiger partial charge < -0.3 is 5.73 Å². The first-order valence-corrected chi connectivity index (χ1v) is 6.96. The van der Waals surface area contributed by atoms with Gasteiger partial charge >= 0.3 is 0 Å². The average Bonchev–Trinajstić information content (AvgIpc) is 2.21. The SMILES string of the molecule is CCC1CC(C2CC3CC(CN)C32)C1C. The topological polar surface area (TPSA) is 26.0 Å². The van der Waals surface area contributed by atoms with Crippen LogP contribution in [0.5, 0.6) is 0 Å². The quantitative estimate of drug-likeness (QED) is 0.756. The number of rotatable bonds is 3. The third-order valence-electron chi connectivity index (χ3n) is 6.13. The Bertz CT molecular complexity index is 250. The van der Waals surface area contributed by atoms with Crippen molar-refractivity contribution in [3.8, 4) is 0 Å². The molecule has 0 heterocycles. The van der Waals surface area contributed by atoms with Gasteiger partial charge in [0, 0.05) is 0 Å². The van der Waals surface area contributed by atoms with Crippen LogP contribution in [0.15, 0.2) is 0 Å². The standard InChI is InChI=1S/C14H25N/c1-3-9-5-12(8(9)2)13-6-10-4-11(7-15)14(10)13/h8-14H,3-7,15H2,1-2H3. The number of nitrogens with two attached hydrogens (primary N) is 1. The van der Waals surface area contributed by atoms with Crippen LogP contribution in [0, 0.1) is 41.4 Å². The number of hydrogen-bond acceptors (Lipinski definition) is 1. The van der Waals surface area contributed by atoms with Gasteiger partial charge in [0.2, 0.25) is 0 Å². The normalized spacial score (nSPS) is 57.4. The van der Waals surface area contributed by atoms with Crippen LogP contribution in [0.25, 0.3) is 0 Å². The van der Waals surface area contributed by atoms with Gasteiger partial charge in [-0.15, -0.1) is 0 Å². The van der Waals surface area contributed by atoms with Crippen LogP contribution >= 0.6 is 0 Å². The summed E-state index contributed by atoms with van der Waals surface area (Å²) in [6.45, 7) is 5.80. The molecule has 0 aromatic heterocycles. The molecule has 0 aliphatic heterocycles. The predicted molar refractivity (Wildman–Crippen MR) is 63.3 cm³/mol. The molecule has 0 bridgehead atoms.